The molecule has 4 aromatic carbocycles. The number of aryl methyl sites for hydroxylation is 1. The Kier molecular flexibility index (Phi) is 13.2. The molecule has 14 heteroatoms. The lowest BCUT2D eigenvalue weighted by Gasteiger charge is -2.41. The molecule has 332 valence electrons. The molecule has 9 rings (SSSR count). The summed E-state index contributed by atoms with van der Waals surface area (Å²) in [6, 6.07) is 31.7. The number of fused-ring (bicyclic) bond motifs is 3. The van der Waals surface area contributed by atoms with Crippen molar-refractivity contribution in [3.63, 3.8) is 0 Å². The van der Waals surface area contributed by atoms with E-state index in [1.165, 1.54) is 10.5 Å². The topological polar surface area (TPSA) is 105 Å². The van der Waals surface area contributed by atoms with Crippen molar-refractivity contribution in [1.82, 2.24) is 19.7 Å². The number of amides is 3. The number of halogens is 3. The smallest absolute Gasteiger partial charge is 0.413 e. The fourth-order valence-corrected chi connectivity index (χ4v) is 9.58. The molecule has 4 aliphatic rings. The third-order valence-electron chi connectivity index (χ3n) is 12.8. The lowest BCUT2D eigenvalue weighted by Crippen LogP contribution is -2.52. The van der Waals surface area contributed by atoms with Crippen molar-refractivity contribution in [3.05, 3.63) is 147 Å². The molecule has 0 saturated carbocycles. The van der Waals surface area contributed by atoms with E-state index in [2.05, 4.69) is 29.2 Å². The van der Waals surface area contributed by atoms with Gasteiger partial charge in [0.1, 0.15) is 18.1 Å². The van der Waals surface area contributed by atoms with E-state index < -0.39 is 10.1 Å². The van der Waals surface area contributed by atoms with Crippen LogP contribution in [-0.2, 0) is 54.9 Å². The second-order valence-electron chi connectivity index (χ2n) is 17.0. The van der Waals surface area contributed by atoms with Crippen LogP contribution in [0.4, 0.5) is 10.5 Å². The quantitative estimate of drug-likeness (QED) is 0.135. The van der Waals surface area contributed by atoms with Crippen molar-refractivity contribution in [3.8, 4) is 17.0 Å². The van der Waals surface area contributed by atoms with Crippen LogP contribution in [0.15, 0.2) is 97.1 Å². The average Bonchev–Trinajstić information content (AvgIpc) is 3.31. The molecular weight excluding hydrogens is 873 g/mol. The summed E-state index contributed by atoms with van der Waals surface area (Å²) in [7, 11) is 1.77. The molecule has 5 aromatic rings. The Morgan fingerprint density at radius 3 is 2.30 bits per heavy atom. The second kappa shape index (κ2) is 19.1. The number of anilines is 1. The molecule has 0 unspecified atom stereocenters. The average molecular weight is 923 g/mol. The van der Waals surface area contributed by atoms with Gasteiger partial charge in [-0.1, -0.05) is 54.6 Å². The van der Waals surface area contributed by atoms with Crippen LogP contribution in [0.3, 0.4) is 0 Å². The summed E-state index contributed by atoms with van der Waals surface area (Å²) in [5, 5.41) is 0. The van der Waals surface area contributed by atoms with E-state index in [0.717, 1.165) is 72.2 Å². The fourth-order valence-electron chi connectivity index (χ4n) is 9.38. The van der Waals surface area contributed by atoms with Gasteiger partial charge < -0.3 is 28.9 Å². The number of ether oxygens (including phenoxy) is 3. The summed E-state index contributed by atoms with van der Waals surface area (Å²) in [5.41, 5.74) is 9.89. The molecule has 3 amide bonds. The van der Waals surface area contributed by atoms with Crippen LogP contribution >= 0.6 is 34.8 Å². The van der Waals surface area contributed by atoms with Gasteiger partial charge in [0.05, 0.1) is 18.9 Å². The zero-order valence-electron chi connectivity index (χ0n) is 35.7. The molecule has 1 saturated heterocycles. The molecule has 0 bridgehead atoms. The Morgan fingerprint density at radius 2 is 1.53 bits per heavy atom. The summed E-state index contributed by atoms with van der Waals surface area (Å²) in [5.74, 6) is 0.320. The van der Waals surface area contributed by atoms with Crippen molar-refractivity contribution in [2.45, 2.75) is 68.2 Å². The summed E-state index contributed by atoms with van der Waals surface area (Å²) in [6.07, 6.45) is 3.87. The van der Waals surface area contributed by atoms with E-state index in [1.807, 2.05) is 77.7 Å². The predicted molar refractivity (Wildman–Crippen MR) is 248 cm³/mol. The zero-order valence-corrected chi connectivity index (χ0v) is 38.0. The van der Waals surface area contributed by atoms with Gasteiger partial charge in [-0.2, -0.15) is 0 Å². The van der Waals surface area contributed by atoms with Crippen molar-refractivity contribution >= 4 is 58.4 Å². The highest BCUT2D eigenvalue weighted by Gasteiger charge is 2.36. The van der Waals surface area contributed by atoms with Crippen LogP contribution < -0.4 is 9.64 Å². The van der Waals surface area contributed by atoms with Gasteiger partial charge >= 0.3 is 10.1 Å². The number of alkyl halides is 3. The van der Waals surface area contributed by atoms with Crippen LogP contribution in [0.2, 0.25) is 0 Å². The van der Waals surface area contributed by atoms with E-state index in [-0.39, 0.29) is 24.4 Å². The van der Waals surface area contributed by atoms with E-state index in [4.69, 9.17) is 54.0 Å². The Hall–Kier alpha value is -5.17. The Morgan fingerprint density at radius 1 is 0.797 bits per heavy atom. The first-order chi connectivity index (χ1) is 31.0. The maximum absolute atomic E-state index is 15.5. The molecule has 1 aromatic heterocycles. The second-order valence-corrected chi connectivity index (χ2v) is 19.1. The zero-order chi connectivity index (χ0) is 44.4. The lowest BCUT2D eigenvalue weighted by atomic mass is 9.86. The van der Waals surface area contributed by atoms with Crippen LogP contribution in [0.25, 0.3) is 11.3 Å². The highest BCUT2D eigenvalue weighted by atomic mass is 35.6. The summed E-state index contributed by atoms with van der Waals surface area (Å²) < 4.78 is 14.6. The van der Waals surface area contributed by atoms with Crippen LogP contribution in [0.1, 0.15) is 72.6 Å². The van der Waals surface area contributed by atoms with Crippen LogP contribution in [-0.4, -0.2) is 94.1 Å². The number of benzene rings is 4. The van der Waals surface area contributed by atoms with Gasteiger partial charge in [-0.15, -0.1) is 0 Å². The van der Waals surface area contributed by atoms with E-state index in [1.54, 1.807) is 11.9 Å². The molecule has 0 spiro atoms. The monoisotopic (exact) mass is 921 g/mol. The maximum atomic E-state index is 15.5. The Balaban J connectivity index is 1.09. The van der Waals surface area contributed by atoms with Crippen molar-refractivity contribution < 1.29 is 28.6 Å². The SMILES string of the molecule is CN(C(=O)c1nc(-c2cc3c(cc2C(=O)N2Cc4ccccc4C[C@H]2CN2CCOCC2)CN(C(=O)OC(Cl)(Cl)Cl)CC3)cc2c1CCCC2)c1ccc(OCc2ccccc2)cc1. The number of hydrogen-bond acceptors (Lipinski definition) is 8. The molecule has 64 heavy (non-hydrogen) atoms. The first-order valence-electron chi connectivity index (χ1n) is 21.9. The number of morpholine rings is 1. The molecule has 4 heterocycles. The van der Waals surface area contributed by atoms with E-state index in [0.29, 0.717) is 86.2 Å². The highest BCUT2D eigenvalue weighted by Crippen LogP contribution is 2.37. The summed E-state index contributed by atoms with van der Waals surface area (Å²) in [4.78, 5) is 56.0. The van der Waals surface area contributed by atoms with Gasteiger partial charge in [0.2, 0.25) is 0 Å². The number of pyridine rings is 1. The van der Waals surface area contributed by atoms with Gasteiger partial charge in [0, 0.05) is 69.2 Å². The van der Waals surface area contributed by atoms with Crippen LogP contribution in [0, 0.1) is 0 Å². The maximum Gasteiger partial charge on any atom is 0.413 e. The van der Waals surface area contributed by atoms with Gasteiger partial charge in [-0.25, -0.2) is 9.78 Å². The molecule has 1 aliphatic carbocycles. The number of carbonyl (C=O) groups excluding carboxylic acids is 3. The number of carbonyl (C=O) groups is 3. The third-order valence-corrected chi connectivity index (χ3v) is 13.1. The van der Waals surface area contributed by atoms with E-state index >= 15 is 4.79 Å². The summed E-state index contributed by atoms with van der Waals surface area (Å²) in [6.45, 7) is 4.92. The minimum absolute atomic E-state index is 0.113. The number of nitrogens with zero attached hydrogens (tertiary/aromatic N) is 5. The summed E-state index contributed by atoms with van der Waals surface area (Å²) >= 11 is 17.5. The molecule has 11 nitrogen and oxygen atoms in total. The largest absolute Gasteiger partial charge is 0.489 e. The van der Waals surface area contributed by atoms with Crippen molar-refractivity contribution in [2.24, 2.45) is 0 Å². The first kappa shape index (κ1) is 44.1. The van der Waals surface area contributed by atoms with Crippen molar-refractivity contribution in [2.75, 3.05) is 51.3 Å². The molecule has 3 aliphatic heterocycles. The predicted octanol–water partition coefficient (Wildman–Crippen LogP) is 9.20. The molecular formula is C50H50Cl3N5O6. The lowest BCUT2D eigenvalue weighted by molar-refractivity contribution is 0.0193. The van der Waals surface area contributed by atoms with Gasteiger partial charge in [0.15, 0.2) is 0 Å². The van der Waals surface area contributed by atoms with Gasteiger partial charge in [-0.05, 0) is 155 Å². The number of hydrogen-bond donors (Lipinski definition) is 0. The molecule has 0 radical (unpaired) electrons. The van der Waals surface area contributed by atoms with E-state index in [9.17, 15) is 9.59 Å². The van der Waals surface area contributed by atoms with Gasteiger partial charge in [0.25, 0.3) is 11.8 Å². The minimum atomic E-state index is -2.22. The highest BCUT2D eigenvalue weighted by molar-refractivity contribution is 6.66. The fraction of sp³-hybridized carbons (Fsp3) is 0.360. The van der Waals surface area contributed by atoms with Crippen molar-refractivity contribution in [1.29, 1.82) is 0 Å². The third kappa shape index (κ3) is 9.89. The van der Waals surface area contributed by atoms with Crippen LogP contribution in [0.5, 0.6) is 5.75 Å². The molecule has 1 fully saturated rings. The number of aromatic nitrogens is 1. The Bertz CT molecular complexity index is 2530. The molecule has 0 N–H and O–H groups in total. The molecule has 1 atom stereocenters. The number of rotatable bonds is 9. The Labute approximate surface area is 388 Å². The normalized spacial score (nSPS) is 17.5. The minimum Gasteiger partial charge on any atom is -0.489 e. The standard InChI is InChI=1S/C50H50Cl3N5O6/c1-55(39-15-17-41(18-16-39)63-32-33-9-3-2-4-10-33)48(60)46-42-14-8-7-12-36(42)28-45(54-46)43-26-35-19-20-57(49(61)64-50(51,52)53)29-38(35)27-44(43)47(59)58-30-37-13-6-5-11-34(37)25-40(58)31-56-21-23-62-24-22-56/h2-6,9-11,13,15-18,26-28,40H,7-8,12,14,19-25,29-32H2,1H3/t40-/m0/s1. The first-order valence-corrected chi connectivity index (χ1v) is 23.1. The van der Waals surface area contributed by atoms with Gasteiger partial charge in [-0.3, -0.25) is 14.5 Å².